The van der Waals surface area contributed by atoms with E-state index in [1.54, 1.807) is 12.1 Å². The van der Waals surface area contributed by atoms with E-state index in [9.17, 15) is 4.39 Å². The Labute approximate surface area is 128 Å². The number of halogens is 1. The predicted molar refractivity (Wildman–Crippen MR) is 82.6 cm³/mol. The molecule has 0 saturated carbocycles. The second-order valence-corrected chi connectivity index (χ2v) is 6.34. The molecule has 21 heavy (non-hydrogen) atoms. The Morgan fingerprint density at radius 1 is 1.33 bits per heavy atom. The van der Waals surface area contributed by atoms with Gasteiger partial charge in [-0.1, -0.05) is 12.1 Å². The third-order valence-electron chi connectivity index (χ3n) is 3.83. The quantitative estimate of drug-likeness (QED) is 0.882. The summed E-state index contributed by atoms with van der Waals surface area (Å²) >= 11 is 1.44. The van der Waals surface area contributed by atoms with Crippen LogP contribution in [0.1, 0.15) is 23.5 Å². The Kier molecular flexibility index (Phi) is 4.51. The molecule has 3 nitrogen and oxygen atoms in total. The van der Waals surface area contributed by atoms with Crippen molar-refractivity contribution in [2.75, 3.05) is 6.54 Å². The Morgan fingerprint density at radius 3 is 3.00 bits per heavy atom. The van der Waals surface area contributed by atoms with Crippen molar-refractivity contribution < 1.29 is 4.39 Å². The van der Waals surface area contributed by atoms with Crippen LogP contribution in [0, 0.1) is 11.7 Å². The number of hydrogen-bond acceptors (Lipinski definition) is 4. The minimum atomic E-state index is -0.189. The van der Waals surface area contributed by atoms with Crippen LogP contribution in [0.3, 0.4) is 0 Å². The summed E-state index contributed by atoms with van der Waals surface area (Å²) in [7, 11) is 0. The molecule has 1 aliphatic rings. The van der Waals surface area contributed by atoms with E-state index in [4.69, 9.17) is 5.73 Å². The van der Waals surface area contributed by atoms with Crippen LogP contribution in [0.5, 0.6) is 0 Å². The summed E-state index contributed by atoms with van der Waals surface area (Å²) in [5, 5.41) is 0. The highest BCUT2D eigenvalue weighted by molar-refractivity contribution is 7.98. The molecule has 1 aromatic heterocycles. The molecule has 0 fully saturated rings. The van der Waals surface area contributed by atoms with Crippen LogP contribution in [0.25, 0.3) is 0 Å². The number of aryl methyl sites for hydroxylation is 1. The van der Waals surface area contributed by atoms with Gasteiger partial charge in [-0.15, -0.1) is 11.8 Å². The smallest absolute Gasteiger partial charge is 0.138 e. The average Bonchev–Trinajstić information content (AvgIpc) is 2.53. The molecule has 2 aromatic rings. The zero-order chi connectivity index (χ0) is 14.7. The van der Waals surface area contributed by atoms with Gasteiger partial charge in [0.1, 0.15) is 11.6 Å². The SMILES string of the molecule is NCC1CCc2nc(CSc3ccccc3F)ncc2C1. The van der Waals surface area contributed by atoms with Crippen LogP contribution in [-0.2, 0) is 18.6 Å². The molecule has 0 aliphatic heterocycles. The van der Waals surface area contributed by atoms with E-state index in [1.807, 2.05) is 12.3 Å². The Balaban J connectivity index is 1.69. The van der Waals surface area contributed by atoms with Crippen molar-refractivity contribution in [3.63, 3.8) is 0 Å². The largest absolute Gasteiger partial charge is 0.330 e. The fourth-order valence-electron chi connectivity index (χ4n) is 2.60. The molecule has 0 saturated heterocycles. The summed E-state index contributed by atoms with van der Waals surface area (Å²) in [5.74, 6) is 1.73. The Morgan fingerprint density at radius 2 is 2.19 bits per heavy atom. The van der Waals surface area contributed by atoms with Gasteiger partial charge in [0, 0.05) is 16.8 Å². The molecule has 0 bridgehead atoms. The molecule has 1 aromatic carbocycles. The number of aromatic nitrogens is 2. The molecule has 3 rings (SSSR count). The van der Waals surface area contributed by atoms with E-state index in [2.05, 4.69) is 9.97 Å². The maximum atomic E-state index is 13.6. The lowest BCUT2D eigenvalue weighted by Gasteiger charge is -2.22. The van der Waals surface area contributed by atoms with Crippen LogP contribution in [-0.4, -0.2) is 16.5 Å². The van der Waals surface area contributed by atoms with Crippen molar-refractivity contribution in [2.45, 2.75) is 29.9 Å². The first-order valence-corrected chi connectivity index (χ1v) is 8.16. The summed E-state index contributed by atoms with van der Waals surface area (Å²) in [5.41, 5.74) is 8.09. The molecule has 0 amide bonds. The van der Waals surface area contributed by atoms with E-state index in [0.29, 0.717) is 16.6 Å². The number of fused-ring (bicyclic) bond motifs is 1. The molecular formula is C16H18FN3S. The lowest BCUT2D eigenvalue weighted by molar-refractivity contribution is 0.460. The van der Waals surface area contributed by atoms with Crippen molar-refractivity contribution >= 4 is 11.8 Å². The molecule has 2 N–H and O–H groups in total. The number of benzene rings is 1. The summed E-state index contributed by atoms with van der Waals surface area (Å²) in [6.45, 7) is 0.727. The fourth-order valence-corrected chi connectivity index (χ4v) is 3.40. The van der Waals surface area contributed by atoms with Crippen LogP contribution in [0.4, 0.5) is 4.39 Å². The van der Waals surface area contributed by atoms with Gasteiger partial charge in [0.15, 0.2) is 0 Å². The van der Waals surface area contributed by atoms with Crippen LogP contribution in [0.15, 0.2) is 35.4 Å². The topological polar surface area (TPSA) is 51.8 Å². The molecule has 110 valence electrons. The van der Waals surface area contributed by atoms with Crippen molar-refractivity contribution in [1.82, 2.24) is 9.97 Å². The van der Waals surface area contributed by atoms with Gasteiger partial charge in [-0.25, -0.2) is 14.4 Å². The molecule has 5 heteroatoms. The second-order valence-electron chi connectivity index (χ2n) is 5.32. The summed E-state index contributed by atoms with van der Waals surface area (Å²) in [6, 6.07) is 6.79. The Hall–Kier alpha value is -1.46. The van der Waals surface area contributed by atoms with E-state index in [1.165, 1.54) is 23.4 Å². The third kappa shape index (κ3) is 3.41. The van der Waals surface area contributed by atoms with Gasteiger partial charge in [0.2, 0.25) is 0 Å². The molecule has 1 aliphatic carbocycles. The van der Waals surface area contributed by atoms with Gasteiger partial charge >= 0.3 is 0 Å². The van der Waals surface area contributed by atoms with Crippen molar-refractivity contribution in [3.05, 3.63) is 53.4 Å². The number of rotatable bonds is 4. The lowest BCUT2D eigenvalue weighted by atomic mass is 9.87. The number of nitrogens with zero attached hydrogens (tertiary/aromatic N) is 2. The van der Waals surface area contributed by atoms with Crippen molar-refractivity contribution in [1.29, 1.82) is 0 Å². The zero-order valence-electron chi connectivity index (χ0n) is 11.8. The number of nitrogens with two attached hydrogens (primary N) is 1. The first kappa shape index (κ1) is 14.5. The average molecular weight is 303 g/mol. The number of hydrogen-bond donors (Lipinski definition) is 1. The van der Waals surface area contributed by atoms with E-state index < -0.39 is 0 Å². The van der Waals surface area contributed by atoms with E-state index >= 15 is 0 Å². The Bertz CT molecular complexity index is 633. The molecule has 0 spiro atoms. The summed E-state index contributed by atoms with van der Waals surface area (Å²) < 4.78 is 13.6. The van der Waals surface area contributed by atoms with Gasteiger partial charge in [0.05, 0.1) is 5.75 Å². The highest BCUT2D eigenvalue weighted by atomic mass is 32.2. The van der Waals surface area contributed by atoms with Gasteiger partial charge in [0.25, 0.3) is 0 Å². The number of thioether (sulfide) groups is 1. The van der Waals surface area contributed by atoms with Gasteiger partial charge in [-0.05, 0) is 49.4 Å². The van der Waals surface area contributed by atoms with Crippen molar-refractivity contribution in [2.24, 2.45) is 11.7 Å². The van der Waals surface area contributed by atoms with E-state index in [-0.39, 0.29) is 5.82 Å². The van der Waals surface area contributed by atoms with Gasteiger partial charge in [-0.2, -0.15) is 0 Å². The third-order valence-corrected chi connectivity index (χ3v) is 4.87. The molecular weight excluding hydrogens is 285 g/mol. The van der Waals surface area contributed by atoms with Crippen LogP contribution < -0.4 is 5.73 Å². The minimum absolute atomic E-state index is 0.189. The maximum Gasteiger partial charge on any atom is 0.138 e. The first-order chi connectivity index (χ1) is 10.3. The van der Waals surface area contributed by atoms with Crippen LogP contribution in [0.2, 0.25) is 0 Å². The molecule has 1 unspecified atom stereocenters. The van der Waals surface area contributed by atoms with Crippen molar-refractivity contribution in [3.8, 4) is 0 Å². The predicted octanol–water partition coefficient (Wildman–Crippen LogP) is 2.97. The van der Waals surface area contributed by atoms with Gasteiger partial charge in [-0.3, -0.25) is 0 Å². The summed E-state index contributed by atoms with van der Waals surface area (Å²) in [4.78, 5) is 9.68. The van der Waals surface area contributed by atoms with Crippen LogP contribution >= 0.6 is 11.8 Å². The highest BCUT2D eigenvalue weighted by Crippen LogP contribution is 2.26. The fraction of sp³-hybridized carbons (Fsp3) is 0.375. The van der Waals surface area contributed by atoms with E-state index in [0.717, 1.165) is 37.3 Å². The molecule has 0 radical (unpaired) electrons. The normalized spacial score (nSPS) is 17.5. The zero-order valence-corrected chi connectivity index (χ0v) is 12.6. The van der Waals surface area contributed by atoms with Gasteiger partial charge < -0.3 is 5.73 Å². The molecule has 1 heterocycles. The standard InChI is InChI=1S/C16H18FN3S/c17-13-3-1-2-4-15(13)21-10-16-19-9-12-7-11(8-18)5-6-14(12)20-16/h1-4,9,11H,5-8,10,18H2. The molecule has 1 atom stereocenters. The maximum absolute atomic E-state index is 13.6. The summed E-state index contributed by atoms with van der Waals surface area (Å²) in [6.07, 6.45) is 4.96. The highest BCUT2D eigenvalue weighted by Gasteiger charge is 2.19. The lowest BCUT2D eigenvalue weighted by Crippen LogP contribution is -2.23. The monoisotopic (exact) mass is 303 g/mol. The minimum Gasteiger partial charge on any atom is -0.330 e. The second kappa shape index (κ2) is 6.54. The first-order valence-electron chi connectivity index (χ1n) is 7.17.